The molecule has 0 amide bonds. The average Bonchev–Trinajstić information content (AvgIpc) is 2.58. The van der Waals surface area contributed by atoms with E-state index in [0.717, 1.165) is 37.8 Å². The van der Waals surface area contributed by atoms with Crippen LogP contribution in [0.4, 0.5) is 17.6 Å². The van der Waals surface area contributed by atoms with Crippen LogP contribution in [0.25, 0.3) is 0 Å². The van der Waals surface area contributed by atoms with E-state index in [9.17, 15) is 17.6 Å². The molecule has 0 fully saturated rings. The van der Waals surface area contributed by atoms with Crippen LogP contribution in [-0.4, -0.2) is 22.5 Å². The van der Waals surface area contributed by atoms with Gasteiger partial charge in [-0.2, -0.15) is 0 Å². The van der Waals surface area contributed by atoms with Crippen molar-refractivity contribution in [1.82, 2.24) is 0 Å². The van der Waals surface area contributed by atoms with Crippen LogP contribution in [0.1, 0.15) is 51.5 Å². The van der Waals surface area contributed by atoms with Crippen molar-refractivity contribution < 1.29 is 26.4 Å². The van der Waals surface area contributed by atoms with Gasteiger partial charge in [0.25, 0.3) is 0 Å². The standard InChI is InChI=1S/C17H26F4O2Si/c1-3-9-22-24(23-10-4-2)11-7-5-6-8-13-12-14(18)16(20)17(21)15(13)19/h12,24H,3-11H2,1-2H3. The summed E-state index contributed by atoms with van der Waals surface area (Å²) in [5.41, 5.74) is -0.121. The molecule has 0 unspecified atom stereocenters. The molecule has 1 aromatic rings. The van der Waals surface area contributed by atoms with E-state index in [0.29, 0.717) is 19.6 Å². The molecule has 0 saturated carbocycles. The maximum atomic E-state index is 13.5. The van der Waals surface area contributed by atoms with Gasteiger partial charge in [0.05, 0.1) is 0 Å². The summed E-state index contributed by atoms with van der Waals surface area (Å²) in [4.78, 5) is 0. The molecule has 0 atom stereocenters. The first-order chi connectivity index (χ1) is 11.5. The van der Waals surface area contributed by atoms with Gasteiger partial charge in [-0.3, -0.25) is 0 Å². The first-order valence-corrected chi connectivity index (χ1v) is 10.3. The van der Waals surface area contributed by atoms with Crippen LogP contribution in [0, 0.1) is 23.3 Å². The molecule has 0 aromatic heterocycles. The van der Waals surface area contributed by atoms with E-state index in [4.69, 9.17) is 8.85 Å². The SMILES string of the molecule is CCCO[SiH](CCCCCc1cc(F)c(F)c(F)c1F)OCCC. The minimum Gasteiger partial charge on any atom is -0.397 e. The molecule has 1 aromatic carbocycles. The normalized spacial score (nSPS) is 11.5. The predicted octanol–water partition coefficient (Wildman–Crippen LogP) is 5.03. The van der Waals surface area contributed by atoms with Gasteiger partial charge in [-0.05, 0) is 43.4 Å². The highest BCUT2D eigenvalue weighted by molar-refractivity contribution is 6.44. The Bertz CT molecular complexity index is 492. The number of rotatable bonds is 12. The van der Waals surface area contributed by atoms with Crippen molar-refractivity contribution in [2.24, 2.45) is 0 Å². The molecule has 0 aliphatic carbocycles. The molecule has 0 aliphatic rings. The van der Waals surface area contributed by atoms with Gasteiger partial charge >= 0.3 is 9.28 Å². The van der Waals surface area contributed by atoms with E-state index in [2.05, 4.69) is 0 Å². The lowest BCUT2D eigenvalue weighted by atomic mass is 10.1. The zero-order valence-electron chi connectivity index (χ0n) is 14.3. The molecule has 24 heavy (non-hydrogen) atoms. The van der Waals surface area contributed by atoms with Crippen molar-refractivity contribution in [2.75, 3.05) is 13.2 Å². The lowest BCUT2D eigenvalue weighted by Crippen LogP contribution is -2.23. The molecule has 0 N–H and O–H groups in total. The number of benzene rings is 1. The molecule has 1 rings (SSSR count). The molecule has 0 radical (unpaired) electrons. The van der Waals surface area contributed by atoms with Crippen LogP contribution in [0.5, 0.6) is 0 Å². The Morgan fingerprint density at radius 1 is 0.833 bits per heavy atom. The third kappa shape index (κ3) is 6.90. The maximum Gasteiger partial charge on any atom is 0.321 e. The van der Waals surface area contributed by atoms with E-state index in [1.807, 2.05) is 13.8 Å². The molecular weight excluding hydrogens is 340 g/mol. The summed E-state index contributed by atoms with van der Waals surface area (Å²) in [7, 11) is -1.66. The molecule has 0 aliphatic heterocycles. The summed E-state index contributed by atoms with van der Waals surface area (Å²) in [6.07, 6.45) is 4.27. The molecule has 0 spiro atoms. The Kier molecular flexibility index (Phi) is 10.2. The third-order valence-corrected chi connectivity index (χ3v) is 5.67. The van der Waals surface area contributed by atoms with Gasteiger partial charge in [-0.1, -0.05) is 26.7 Å². The number of hydrogen-bond donors (Lipinski definition) is 0. The topological polar surface area (TPSA) is 18.5 Å². The minimum absolute atomic E-state index is 0.121. The van der Waals surface area contributed by atoms with Crippen LogP contribution in [0.2, 0.25) is 6.04 Å². The van der Waals surface area contributed by atoms with Crippen LogP contribution < -0.4 is 0 Å². The fraction of sp³-hybridized carbons (Fsp3) is 0.647. The van der Waals surface area contributed by atoms with Crippen LogP contribution in [-0.2, 0) is 15.3 Å². The van der Waals surface area contributed by atoms with E-state index in [-0.39, 0.29) is 12.0 Å². The molecular formula is C17H26F4O2Si. The Balaban J connectivity index is 2.37. The molecule has 2 nitrogen and oxygen atoms in total. The van der Waals surface area contributed by atoms with Crippen LogP contribution in [0.15, 0.2) is 6.07 Å². The number of unbranched alkanes of at least 4 members (excludes halogenated alkanes) is 2. The lowest BCUT2D eigenvalue weighted by Gasteiger charge is -2.16. The molecule has 7 heteroatoms. The van der Waals surface area contributed by atoms with E-state index in [1.165, 1.54) is 0 Å². The monoisotopic (exact) mass is 366 g/mol. The first kappa shape index (κ1) is 21.1. The lowest BCUT2D eigenvalue weighted by molar-refractivity contribution is 0.195. The van der Waals surface area contributed by atoms with Crippen molar-refractivity contribution in [1.29, 1.82) is 0 Å². The fourth-order valence-electron chi connectivity index (χ4n) is 2.32. The van der Waals surface area contributed by atoms with Crippen molar-refractivity contribution in [2.45, 2.75) is 58.4 Å². The van der Waals surface area contributed by atoms with Crippen LogP contribution >= 0.6 is 0 Å². The zero-order chi connectivity index (χ0) is 17.9. The van der Waals surface area contributed by atoms with E-state index >= 15 is 0 Å². The Morgan fingerprint density at radius 2 is 1.46 bits per heavy atom. The molecule has 0 saturated heterocycles. The van der Waals surface area contributed by atoms with Gasteiger partial charge < -0.3 is 8.85 Å². The second-order valence-electron chi connectivity index (χ2n) is 5.73. The second-order valence-corrected chi connectivity index (χ2v) is 7.83. The highest BCUT2D eigenvalue weighted by atomic mass is 28.3. The van der Waals surface area contributed by atoms with Crippen molar-refractivity contribution in [3.8, 4) is 0 Å². The van der Waals surface area contributed by atoms with Crippen molar-refractivity contribution in [3.63, 3.8) is 0 Å². The predicted molar refractivity (Wildman–Crippen MR) is 88.3 cm³/mol. The average molecular weight is 366 g/mol. The summed E-state index contributed by atoms with van der Waals surface area (Å²) in [5, 5.41) is 0. The second kappa shape index (κ2) is 11.6. The molecule has 0 bridgehead atoms. The smallest absolute Gasteiger partial charge is 0.321 e. The number of aryl methyl sites for hydroxylation is 1. The first-order valence-electron chi connectivity index (χ1n) is 8.56. The van der Waals surface area contributed by atoms with E-state index in [1.54, 1.807) is 0 Å². The van der Waals surface area contributed by atoms with E-state index < -0.39 is 32.6 Å². The van der Waals surface area contributed by atoms with Gasteiger partial charge in [0, 0.05) is 13.2 Å². The highest BCUT2D eigenvalue weighted by Crippen LogP contribution is 2.20. The van der Waals surface area contributed by atoms with Gasteiger partial charge in [-0.25, -0.2) is 17.6 Å². The molecule has 0 heterocycles. The van der Waals surface area contributed by atoms with Gasteiger partial charge in [0.15, 0.2) is 23.3 Å². The van der Waals surface area contributed by atoms with Crippen molar-refractivity contribution >= 4 is 9.28 Å². The zero-order valence-corrected chi connectivity index (χ0v) is 15.5. The minimum atomic E-state index is -1.76. The maximum absolute atomic E-state index is 13.5. The molecule has 138 valence electrons. The highest BCUT2D eigenvalue weighted by Gasteiger charge is 2.18. The summed E-state index contributed by atoms with van der Waals surface area (Å²) in [6.45, 7) is 5.47. The fourth-order valence-corrected chi connectivity index (χ4v) is 4.37. The van der Waals surface area contributed by atoms with Crippen LogP contribution in [0.3, 0.4) is 0 Å². The number of halogens is 4. The Labute approximate surface area is 143 Å². The van der Waals surface area contributed by atoms with Gasteiger partial charge in [-0.15, -0.1) is 0 Å². The largest absolute Gasteiger partial charge is 0.397 e. The summed E-state index contributed by atoms with van der Waals surface area (Å²) >= 11 is 0. The quantitative estimate of drug-likeness (QED) is 0.170. The third-order valence-electron chi connectivity index (χ3n) is 3.58. The summed E-state index contributed by atoms with van der Waals surface area (Å²) in [6, 6.07) is 1.59. The van der Waals surface area contributed by atoms with Crippen molar-refractivity contribution in [3.05, 3.63) is 34.9 Å². The van der Waals surface area contributed by atoms with Gasteiger partial charge in [0.1, 0.15) is 0 Å². The summed E-state index contributed by atoms with van der Waals surface area (Å²) in [5.74, 6) is -6.14. The summed E-state index contributed by atoms with van der Waals surface area (Å²) < 4.78 is 64.2. The Hall–Kier alpha value is -0.923. The number of hydrogen-bond acceptors (Lipinski definition) is 2. The Morgan fingerprint density at radius 3 is 2.04 bits per heavy atom. The van der Waals surface area contributed by atoms with Gasteiger partial charge in [0.2, 0.25) is 0 Å².